The van der Waals surface area contributed by atoms with Crippen LogP contribution in [0.3, 0.4) is 0 Å². The molecule has 0 atom stereocenters. The smallest absolute Gasteiger partial charge is 0.274 e. The molecule has 2 N–H and O–H groups in total. The fourth-order valence-electron chi connectivity index (χ4n) is 3.84. The minimum Gasteiger partial charge on any atom is -0.503 e. The topological polar surface area (TPSA) is 94.9 Å². The highest BCUT2D eigenvalue weighted by Crippen LogP contribution is 2.22. The number of fused-ring (bicyclic) bond motifs is 1. The van der Waals surface area contributed by atoms with Crippen molar-refractivity contribution >= 4 is 29.9 Å². The van der Waals surface area contributed by atoms with Crippen molar-refractivity contribution in [3.05, 3.63) is 93.2 Å². The molecule has 2 heterocycles. The predicted molar refractivity (Wildman–Crippen MR) is 133 cm³/mol. The number of aromatic hydroxyl groups is 1. The summed E-state index contributed by atoms with van der Waals surface area (Å²) in [5.74, 6) is -2.29. The summed E-state index contributed by atoms with van der Waals surface area (Å²) in [6.07, 6.45) is 1.31. The van der Waals surface area contributed by atoms with Gasteiger partial charge in [0.2, 0.25) is 5.43 Å². The maximum Gasteiger partial charge on any atom is 0.274 e. The first-order valence-corrected chi connectivity index (χ1v) is 10.8. The summed E-state index contributed by atoms with van der Waals surface area (Å²) in [7, 11) is 3.86. The summed E-state index contributed by atoms with van der Waals surface area (Å²) in [6.45, 7) is 1.02. The second kappa shape index (κ2) is 10.6. The molecule has 35 heavy (non-hydrogen) atoms. The first kappa shape index (κ1) is 25.8. The number of carbonyl (C=O) groups excluding carboxylic acids is 2. The second-order valence-electron chi connectivity index (χ2n) is 8.36. The molecule has 2 amide bonds. The van der Waals surface area contributed by atoms with E-state index in [0.717, 1.165) is 16.8 Å². The van der Waals surface area contributed by atoms with Gasteiger partial charge in [0, 0.05) is 52.2 Å². The lowest BCUT2D eigenvalue weighted by atomic mass is 10.1. The van der Waals surface area contributed by atoms with Crippen LogP contribution in [0.15, 0.2) is 59.5 Å². The molecule has 0 aliphatic carbocycles. The zero-order chi connectivity index (χ0) is 24.4. The zero-order valence-corrected chi connectivity index (χ0v) is 20.1. The van der Waals surface area contributed by atoms with E-state index in [0.29, 0.717) is 13.1 Å². The lowest BCUT2D eigenvalue weighted by molar-refractivity contribution is 0.0681. The van der Waals surface area contributed by atoms with Gasteiger partial charge in [-0.25, -0.2) is 4.39 Å². The summed E-state index contributed by atoms with van der Waals surface area (Å²) in [5.41, 5.74) is 1.31. The van der Waals surface area contributed by atoms with Gasteiger partial charge in [0.25, 0.3) is 11.8 Å². The van der Waals surface area contributed by atoms with Crippen LogP contribution in [0.1, 0.15) is 32.0 Å². The van der Waals surface area contributed by atoms with Gasteiger partial charge < -0.3 is 24.8 Å². The molecule has 0 spiro atoms. The summed E-state index contributed by atoms with van der Waals surface area (Å²) in [4.78, 5) is 41.8. The molecule has 0 radical (unpaired) electrons. The van der Waals surface area contributed by atoms with Crippen molar-refractivity contribution in [1.82, 2.24) is 14.8 Å². The van der Waals surface area contributed by atoms with Crippen molar-refractivity contribution in [2.24, 2.45) is 0 Å². The Kier molecular flexibility index (Phi) is 7.81. The van der Waals surface area contributed by atoms with E-state index in [1.807, 2.05) is 43.3 Å². The third kappa shape index (κ3) is 5.46. The van der Waals surface area contributed by atoms with E-state index in [4.69, 9.17) is 0 Å². The van der Waals surface area contributed by atoms with Crippen LogP contribution >= 0.6 is 12.4 Å². The zero-order valence-electron chi connectivity index (χ0n) is 19.3. The van der Waals surface area contributed by atoms with Crippen LogP contribution in [-0.4, -0.2) is 47.0 Å². The Hall–Kier alpha value is -3.85. The molecule has 0 saturated heterocycles. The monoisotopic (exact) mass is 500 g/mol. The lowest BCUT2D eigenvalue weighted by Gasteiger charge is -2.30. The number of nitrogens with one attached hydrogen (secondary N) is 1. The standard InChI is InChI=1S/C25H25FN4O4.ClH/c1-28(2)19-9-5-16(6-10-19)13-27-24(33)20-15-29-11-12-30(14-17-3-7-18(26)8-4-17)25(34)21(29)23(32)22(20)31;/h3-10,15,32H,11-14H2,1-2H3,(H,27,33);1H. The molecule has 8 nitrogen and oxygen atoms in total. The Morgan fingerprint density at radius 2 is 1.66 bits per heavy atom. The van der Waals surface area contributed by atoms with Gasteiger partial charge >= 0.3 is 0 Å². The number of pyridine rings is 1. The third-order valence-corrected chi connectivity index (χ3v) is 5.79. The highest BCUT2D eigenvalue weighted by Gasteiger charge is 2.30. The molecule has 4 rings (SSSR count). The molecule has 2 aromatic carbocycles. The van der Waals surface area contributed by atoms with E-state index in [9.17, 15) is 23.9 Å². The lowest BCUT2D eigenvalue weighted by Crippen LogP contribution is -2.42. The van der Waals surface area contributed by atoms with Crippen molar-refractivity contribution in [2.45, 2.75) is 19.6 Å². The van der Waals surface area contributed by atoms with Crippen LogP contribution in [0.4, 0.5) is 10.1 Å². The van der Waals surface area contributed by atoms with Gasteiger partial charge in [0.15, 0.2) is 11.4 Å². The molecule has 1 aliphatic heterocycles. The van der Waals surface area contributed by atoms with E-state index in [1.165, 1.54) is 27.8 Å². The molecule has 0 unspecified atom stereocenters. The number of halogens is 2. The van der Waals surface area contributed by atoms with Crippen LogP contribution < -0.4 is 15.6 Å². The SMILES string of the molecule is CN(C)c1ccc(CNC(=O)c2cn3c(c(O)c2=O)C(=O)N(Cc2ccc(F)cc2)CC3)cc1.Cl. The number of aromatic nitrogens is 1. The van der Waals surface area contributed by atoms with Gasteiger partial charge in [0.1, 0.15) is 11.4 Å². The molecular formula is C25H26ClFN4O4. The summed E-state index contributed by atoms with van der Waals surface area (Å²) in [5, 5.41) is 13.2. The van der Waals surface area contributed by atoms with Crippen LogP contribution in [0, 0.1) is 5.82 Å². The van der Waals surface area contributed by atoms with Crippen molar-refractivity contribution in [3.8, 4) is 5.75 Å². The fraction of sp³-hybridized carbons (Fsp3) is 0.240. The second-order valence-corrected chi connectivity index (χ2v) is 8.36. The van der Waals surface area contributed by atoms with Gasteiger partial charge in [-0.15, -0.1) is 12.4 Å². The number of anilines is 1. The number of nitrogens with zero attached hydrogens (tertiary/aromatic N) is 3. The highest BCUT2D eigenvalue weighted by molar-refractivity contribution is 5.99. The van der Waals surface area contributed by atoms with E-state index in [2.05, 4.69) is 5.32 Å². The molecular weight excluding hydrogens is 475 g/mol. The molecule has 3 aromatic rings. The summed E-state index contributed by atoms with van der Waals surface area (Å²) < 4.78 is 14.6. The number of carbonyl (C=O) groups is 2. The van der Waals surface area contributed by atoms with Crippen LogP contribution in [-0.2, 0) is 19.6 Å². The quantitative estimate of drug-likeness (QED) is 0.543. The average Bonchev–Trinajstić information content (AvgIpc) is 2.83. The van der Waals surface area contributed by atoms with Crippen molar-refractivity contribution in [2.75, 3.05) is 25.5 Å². The van der Waals surface area contributed by atoms with Crippen LogP contribution in [0.2, 0.25) is 0 Å². The van der Waals surface area contributed by atoms with Gasteiger partial charge in [-0.2, -0.15) is 0 Å². The Labute approximate surface area is 208 Å². The largest absolute Gasteiger partial charge is 0.503 e. The Bertz CT molecular complexity index is 1290. The molecule has 0 bridgehead atoms. The van der Waals surface area contributed by atoms with E-state index >= 15 is 0 Å². The number of hydrogen-bond acceptors (Lipinski definition) is 5. The molecule has 184 valence electrons. The molecule has 10 heteroatoms. The van der Waals surface area contributed by atoms with Gasteiger partial charge in [-0.3, -0.25) is 14.4 Å². The average molecular weight is 501 g/mol. The number of rotatable bonds is 6. The van der Waals surface area contributed by atoms with E-state index in [1.54, 1.807) is 12.1 Å². The predicted octanol–water partition coefficient (Wildman–Crippen LogP) is 2.77. The van der Waals surface area contributed by atoms with Gasteiger partial charge in [0.05, 0.1) is 0 Å². The van der Waals surface area contributed by atoms with Gasteiger partial charge in [-0.05, 0) is 35.4 Å². The first-order valence-electron chi connectivity index (χ1n) is 10.8. The number of amides is 2. The Balaban J connectivity index is 0.00000342. The minimum absolute atomic E-state index is 0. The van der Waals surface area contributed by atoms with E-state index < -0.39 is 23.0 Å². The Morgan fingerprint density at radius 1 is 1.03 bits per heavy atom. The first-order chi connectivity index (χ1) is 16.2. The third-order valence-electron chi connectivity index (χ3n) is 5.79. The molecule has 1 aromatic heterocycles. The molecule has 1 aliphatic rings. The summed E-state index contributed by atoms with van der Waals surface area (Å²) in [6, 6.07) is 13.4. The van der Waals surface area contributed by atoms with Crippen molar-refractivity contribution in [1.29, 1.82) is 0 Å². The molecule has 0 fully saturated rings. The van der Waals surface area contributed by atoms with Crippen LogP contribution in [0.25, 0.3) is 0 Å². The number of hydrogen-bond donors (Lipinski definition) is 2. The minimum atomic E-state index is -0.899. The van der Waals surface area contributed by atoms with Crippen molar-refractivity contribution < 1.29 is 19.1 Å². The highest BCUT2D eigenvalue weighted by atomic mass is 35.5. The maximum atomic E-state index is 13.1. The maximum absolute atomic E-state index is 13.1. The van der Waals surface area contributed by atoms with E-state index in [-0.39, 0.29) is 42.6 Å². The van der Waals surface area contributed by atoms with Crippen LogP contribution in [0.5, 0.6) is 5.75 Å². The summed E-state index contributed by atoms with van der Waals surface area (Å²) >= 11 is 0. The van der Waals surface area contributed by atoms with Gasteiger partial charge in [-0.1, -0.05) is 24.3 Å². The molecule has 0 saturated carbocycles. The number of benzene rings is 2. The Morgan fingerprint density at radius 3 is 2.29 bits per heavy atom. The normalized spacial score (nSPS) is 12.5. The van der Waals surface area contributed by atoms with Crippen molar-refractivity contribution in [3.63, 3.8) is 0 Å². The fourth-order valence-corrected chi connectivity index (χ4v) is 3.84.